The fraction of sp³-hybridized carbons (Fsp3) is 0.100. The summed E-state index contributed by atoms with van der Waals surface area (Å²) in [6, 6.07) is 4.81. The number of benzene rings is 1. The highest BCUT2D eigenvalue weighted by molar-refractivity contribution is 6.34. The minimum atomic E-state index is -1.38. The minimum absolute atomic E-state index is 0.111. The summed E-state index contributed by atoms with van der Waals surface area (Å²) < 4.78 is 1.06. The summed E-state index contributed by atoms with van der Waals surface area (Å²) in [5.41, 5.74) is -0.600. The molecular weight excluding hydrogens is 281 g/mol. The number of hydrogen-bond donors (Lipinski definition) is 2. The van der Waals surface area contributed by atoms with Crippen LogP contribution in [-0.4, -0.2) is 26.1 Å². The van der Waals surface area contributed by atoms with Crippen molar-refractivity contribution in [2.45, 2.75) is 6.54 Å². The minimum Gasteiger partial charge on any atom is -0.476 e. The number of carbonyl (C=O) groups is 1. The topological polar surface area (TPSA) is 88.0 Å². The number of hydrogen-bond acceptors (Lipinski definition) is 3. The van der Waals surface area contributed by atoms with Crippen molar-refractivity contribution in [3.05, 3.63) is 49.9 Å². The van der Waals surface area contributed by atoms with Crippen LogP contribution in [0.4, 0.5) is 0 Å². The van der Waals surface area contributed by atoms with E-state index in [1.807, 2.05) is 0 Å². The second-order valence-electron chi connectivity index (χ2n) is 3.53. The Kier molecular flexibility index (Phi) is 3.40. The van der Waals surface area contributed by atoms with Gasteiger partial charge >= 0.3 is 11.5 Å². The molecule has 2 N–H and O–H groups in total. The summed E-state index contributed by atoms with van der Waals surface area (Å²) in [6.45, 7) is 0.111. The molecule has 6 nitrogen and oxygen atoms in total. The lowest BCUT2D eigenvalue weighted by Gasteiger charge is -2.02. The van der Waals surface area contributed by atoms with Gasteiger partial charge in [0.2, 0.25) is 5.69 Å². The number of aromatic carboxylic acids is 1. The molecule has 0 aliphatic heterocycles. The van der Waals surface area contributed by atoms with Crippen molar-refractivity contribution in [3.8, 4) is 0 Å². The highest BCUT2D eigenvalue weighted by atomic mass is 35.5. The van der Waals surface area contributed by atoms with E-state index in [4.69, 9.17) is 28.3 Å². The van der Waals surface area contributed by atoms with E-state index < -0.39 is 17.2 Å². The Morgan fingerprint density at radius 3 is 2.44 bits per heavy atom. The first-order chi connectivity index (χ1) is 8.47. The third-order valence-electron chi connectivity index (χ3n) is 2.20. The van der Waals surface area contributed by atoms with Gasteiger partial charge in [0.1, 0.15) is 0 Å². The molecule has 94 valence electrons. The van der Waals surface area contributed by atoms with Crippen LogP contribution in [0, 0.1) is 0 Å². The molecule has 2 rings (SSSR count). The Hall–Kier alpha value is -1.79. The number of H-pyrrole nitrogens is 1. The molecule has 0 atom stereocenters. The largest absolute Gasteiger partial charge is 0.476 e. The second kappa shape index (κ2) is 4.83. The molecule has 1 aromatic carbocycles. The van der Waals surface area contributed by atoms with E-state index in [1.165, 1.54) is 0 Å². The Balaban J connectivity index is 2.34. The Morgan fingerprint density at radius 1 is 1.33 bits per heavy atom. The zero-order valence-corrected chi connectivity index (χ0v) is 10.4. The van der Waals surface area contributed by atoms with Crippen LogP contribution in [0.5, 0.6) is 0 Å². The SMILES string of the molecule is O=C(O)c1n[nH]n(Cc2cc(Cl)cc(Cl)c2)c1=O. The van der Waals surface area contributed by atoms with E-state index in [-0.39, 0.29) is 6.54 Å². The number of carboxylic acids is 1. The fourth-order valence-electron chi connectivity index (χ4n) is 1.46. The van der Waals surface area contributed by atoms with Gasteiger partial charge < -0.3 is 5.11 Å². The molecule has 0 amide bonds. The van der Waals surface area contributed by atoms with Crippen LogP contribution in [-0.2, 0) is 6.54 Å². The predicted octanol–water partition coefficient (Wildman–Crippen LogP) is 1.62. The summed E-state index contributed by atoms with van der Waals surface area (Å²) >= 11 is 11.6. The van der Waals surface area contributed by atoms with Crippen LogP contribution in [0.25, 0.3) is 0 Å². The molecule has 18 heavy (non-hydrogen) atoms. The summed E-state index contributed by atoms with van der Waals surface area (Å²) in [5, 5.41) is 15.3. The fourth-order valence-corrected chi connectivity index (χ4v) is 2.03. The second-order valence-corrected chi connectivity index (χ2v) is 4.41. The monoisotopic (exact) mass is 287 g/mol. The Labute approximate surface area is 111 Å². The van der Waals surface area contributed by atoms with E-state index in [0.29, 0.717) is 15.6 Å². The zero-order valence-electron chi connectivity index (χ0n) is 8.85. The van der Waals surface area contributed by atoms with E-state index >= 15 is 0 Å². The third kappa shape index (κ3) is 2.55. The Morgan fingerprint density at radius 2 is 1.94 bits per heavy atom. The number of aromatic nitrogens is 3. The number of halogens is 2. The number of nitrogens with one attached hydrogen (secondary N) is 1. The molecule has 2 aromatic rings. The van der Waals surface area contributed by atoms with Crippen LogP contribution in [0.3, 0.4) is 0 Å². The molecule has 1 aromatic heterocycles. The van der Waals surface area contributed by atoms with Crippen LogP contribution in [0.15, 0.2) is 23.0 Å². The quantitative estimate of drug-likeness (QED) is 0.898. The maximum atomic E-state index is 11.6. The maximum Gasteiger partial charge on any atom is 0.362 e. The van der Waals surface area contributed by atoms with Crippen LogP contribution >= 0.6 is 23.2 Å². The molecule has 0 bridgehead atoms. The molecular formula is C10H7Cl2N3O3. The van der Waals surface area contributed by atoms with Gasteiger partial charge in [0.15, 0.2) is 0 Å². The van der Waals surface area contributed by atoms with Gasteiger partial charge in [0.05, 0.1) is 6.54 Å². The third-order valence-corrected chi connectivity index (χ3v) is 2.63. The van der Waals surface area contributed by atoms with Gasteiger partial charge in [0, 0.05) is 10.0 Å². The molecule has 0 aliphatic rings. The van der Waals surface area contributed by atoms with Gasteiger partial charge in [-0.2, -0.15) is 0 Å². The van der Waals surface area contributed by atoms with Crippen molar-refractivity contribution >= 4 is 29.2 Å². The van der Waals surface area contributed by atoms with Crippen LogP contribution < -0.4 is 5.56 Å². The van der Waals surface area contributed by atoms with Crippen LogP contribution in [0.2, 0.25) is 10.0 Å². The number of aromatic amines is 1. The first kappa shape index (κ1) is 12.7. The lowest BCUT2D eigenvalue weighted by molar-refractivity contribution is 0.0689. The smallest absolute Gasteiger partial charge is 0.362 e. The van der Waals surface area contributed by atoms with E-state index in [9.17, 15) is 9.59 Å². The maximum absolute atomic E-state index is 11.6. The van der Waals surface area contributed by atoms with Gasteiger partial charge in [-0.05, 0) is 23.8 Å². The molecule has 1 heterocycles. The van der Waals surface area contributed by atoms with E-state index in [2.05, 4.69) is 10.3 Å². The standard InChI is InChI=1S/C10H7Cl2N3O3/c11-6-1-5(2-7(12)3-6)4-15-9(16)8(10(17)18)13-14-15/h1-3,14H,4H2,(H,17,18). The molecule has 0 unspecified atom stereocenters. The number of rotatable bonds is 3. The van der Waals surface area contributed by atoms with E-state index in [0.717, 1.165) is 4.68 Å². The molecule has 0 saturated heterocycles. The van der Waals surface area contributed by atoms with Crippen LogP contribution in [0.1, 0.15) is 16.1 Å². The zero-order chi connectivity index (χ0) is 13.3. The lowest BCUT2D eigenvalue weighted by Crippen LogP contribution is -2.22. The first-order valence-corrected chi connectivity index (χ1v) is 5.56. The number of carboxylic acid groups (broad SMARTS) is 1. The van der Waals surface area contributed by atoms with Gasteiger partial charge in [0.25, 0.3) is 0 Å². The van der Waals surface area contributed by atoms with E-state index in [1.54, 1.807) is 18.2 Å². The molecule has 0 saturated carbocycles. The normalized spacial score (nSPS) is 10.6. The predicted molar refractivity (Wildman–Crippen MR) is 65.4 cm³/mol. The molecule has 8 heteroatoms. The highest BCUT2D eigenvalue weighted by Crippen LogP contribution is 2.19. The van der Waals surface area contributed by atoms with Gasteiger partial charge in [-0.1, -0.05) is 23.2 Å². The molecule has 0 radical (unpaired) electrons. The van der Waals surface area contributed by atoms with Crippen molar-refractivity contribution in [1.29, 1.82) is 0 Å². The lowest BCUT2D eigenvalue weighted by atomic mass is 10.2. The van der Waals surface area contributed by atoms with Crippen molar-refractivity contribution in [2.75, 3.05) is 0 Å². The van der Waals surface area contributed by atoms with Crippen molar-refractivity contribution in [2.24, 2.45) is 0 Å². The summed E-state index contributed by atoms with van der Waals surface area (Å²) in [5.74, 6) is -1.38. The first-order valence-electron chi connectivity index (χ1n) is 4.81. The average Bonchev–Trinajstić information content (AvgIpc) is 2.59. The summed E-state index contributed by atoms with van der Waals surface area (Å²) in [4.78, 5) is 22.3. The van der Waals surface area contributed by atoms with Crippen molar-refractivity contribution in [3.63, 3.8) is 0 Å². The highest BCUT2D eigenvalue weighted by Gasteiger charge is 2.15. The number of nitrogens with zero attached hydrogens (tertiary/aromatic N) is 2. The van der Waals surface area contributed by atoms with Gasteiger partial charge in [-0.25, -0.2) is 14.7 Å². The van der Waals surface area contributed by atoms with Gasteiger partial charge in [-0.3, -0.25) is 4.79 Å². The summed E-state index contributed by atoms with van der Waals surface area (Å²) in [6.07, 6.45) is 0. The van der Waals surface area contributed by atoms with Crippen molar-refractivity contribution in [1.82, 2.24) is 15.0 Å². The molecule has 0 spiro atoms. The Bertz CT molecular complexity index is 642. The van der Waals surface area contributed by atoms with Crippen molar-refractivity contribution < 1.29 is 9.90 Å². The summed E-state index contributed by atoms with van der Waals surface area (Å²) in [7, 11) is 0. The molecule has 0 fully saturated rings. The molecule has 0 aliphatic carbocycles. The average molecular weight is 288 g/mol. The van der Waals surface area contributed by atoms with Gasteiger partial charge in [-0.15, -0.1) is 5.10 Å².